The maximum atomic E-state index is 15.4. The van der Waals surface area contributed by atoms with Gasteiger partial charge in [-0.1, -0.05) is 59.1 Å². The number of aromatic hydroxyl groups is 1. The number of benzene rings is 5. The highest BCUT2D eigenvalue weighted by Gasteiger charge is 2.70. The minimum atomic E-state index is -1.65. The predicted molar refractivity (Wildman–Crippen MR) is 221 cm³/mol. The average Bonchev–Trinajstić information content (AvgIpc) is 3.87. The van der Waals surface area contributed by atoms with E-state index in [-0.39, 0.29) is 35.3 Å². The van der Waals surface area contributed by atoms with Crippen LogP contribution in [-0.2, 0) is 24.6 Å². The smallest absolute Gasteiger partial charge is 0.260 e. The first kappa shape index (κ1) is 37.7. The SMILES string of the molecule is COc1cc(C2C3=CCC4C(=O)N(c5ccc(-c6nc7ccccc7o6)cc5)C(=O)C4C3CC3C(=O)N(Nc4ccc(F)cc4)C(=O)C32c2ccc(Cl)cc2)cc(Cl)c1O. The number of nitrogens with zero attached hydrogens (tertiary/aromatic N) is 3. The van der Waals surface area contributed by atoms with Crippen LogP contribution in [0.4, 0.5) is 15.8 Å². The molecule has 1 aromatic heterocycles. The number of amides is 4. The van der Waals surface area contributed by atoms with Gasteiger partial charge in [-0.15, -0.1) is 0 Å². The zero-order chi connectivity index (χ0) is 41.6. The van der Waals surface area contributed by atoms with E-state index in [9.17, 15) is 23.9 Å². The minimum Gasteiger partial charge on any atom is -0.503 e. The third-order valence-corrected chi connectivity index (χ3v) is 13.1. The molecule has 4 amide bonds. The topological polar surface area (TPSA) is 142 Å². The molecule has 6 atom stereocenters. The van der Waals surface area contributed by atoms with Crippen LogP contribution in [0, 0.1) is 29.5 Å². The summed E-state index contributed by atoms with van der Waals surface area (Å²) in [5, 5.41) is 12.2. The summed E-state index contributed by atoms with van der Waals surface area (Å²) in [5.74, 6) is -6.71. The molecule has 2 aliphatic carbocycles. The Morgan fingerprint density at radius 1 is 0.883 bits per heavy atom. The van der Waals surface area contributed by atoms with Gasteiger partial charge in [0.1, 0.15) is 11.3 Å². The number of hydrazine groups is 1. The Labute approximate surface area is 351 Å². The summed E-state index contributed by atoms with van der Waals surface area (Å²) in [6.07, 6.45) is 2.13. The van der Waals surface area contributed by atoms with E-state index in [1.807, 2.05) is 30.3 Å². The number of anilines is 2. The number of phenols is 1. The molecule has 2 N–H and O–H groups in total. The molecule has 300 valence electrons. The third-order valence-electron chi connectivity index (χ3n) is 12.5. The lowest BCUT2D eigenvalue weighted by molar-refractivity contribution is -0.138. The molecule has 0 bridgehead atoms. The van der Waals surface area contributed by atoms with Crippen molar-refractivity contribution >= 4 is 69.3 Å². The first-order valence-electron chi connectivity index (χ1n) is 19.3. The van der Waals surface area contributed by atoms with Crippen LogP contribution in [0.2, 0.25) is 10.0 Å². The fourth-order valence-corrected chi connectivity index (χ4v) is 10.3. The number of ether oxygens (including phenoxy) is 1. The molecule has 3 fully saturated rings. The lowest BCUT2D eigenvalue weighted by Crippen LogP contribution is -2.53. The van der Waals surface area contributed by atoms with Crippen molar-refractivity contribution in [1.82, 2.24) is 9.99 Å². The second kappa shape index (κ2) is 14.1. The second-order valence-electron chi connectivity index (χ2n) is 15.5. The van der Waals surface area contributed by atoms with E-state index in [4.69, 9.17) is 32.4 Å². The highest BCUT2D eigenvalue weighted by molar-refractivity contribution is 6.32. The van der Waals surface area contributed by atoms with Crippen LogP contribution in [0.3, 0.4) is 0 Å². The molecule has 3 heterocycles. The molecule has 14 heteroatoms. The lowest BCUT2D eigenvalue weighted by atomic mass is 9.49. The van der Waals surface area contributed by atoms with Gasteiger partial charge in [0.25, 0.3) is 11.8 Å². The summed E-state index contributed by atoms with van der Waals surface area (Å²) in [4.78, 5) is 65.3. The number of aromatic nitrogens is 1. The highest BCUT2D eigenvalue weighted by atomic mass is 35.5. The molecule has 6 unspecified atom stereocenters. The molecule has 0 spiro atoms. The van der Waals surface area contributed by atoms with Crippen LogP contribution >= 0.6 is 23.2 Å². The fourth-order valence-electron chi connectivity index (χ4n) is 9.95. The number of imide groups is 2. The van der Waals surface area contributed by atoms with Crippen molar-refractivity contribution in [2.24, 2.45) is 23.7 Å². The van der Waals surface area contributed by atoms with Crippen LogP contribution in [0.15, 0.2) is 125 Å². The van der Waals surface area contributed by atoms with Crippen molar-refractivity contribution in [3.63, 3.8) is 0 Å². The van der Waals surface area contributed by atoms with Crippen molar-refractivity contribution in [3.8, 4) is 23.0 Å². The van der Waals surface area contributed by atoms with Crippen molar-refractivity contribution in [1.29, 1.82) is 0 Å². The van der Waals surface area contributed by atoms with Crippen LogP contribution in [0.5, 0.6) is 11.5 Å². The van der Waals surface area contributed by atoms with E-state index in [0.29, 0.717) is 55.7 Å². The predicted octanol–water partition coefficient (Wildman–Crippen LogP) is 8.84. The quantitative estimate of drug-likeness (QED) is 0.119. The van der Waals surface area contributed by atoms with Gasteiger partial charge in [0.2, 0.25) is 17.7 Å². The second-order valence-corrected chi connectivity index (χ2v) is 16.3. The number of hydrogen-bond acceptors (Lipinski definition) is 9. The van der Waals surface area contributed by atoms with Gasteiger partial charge in [0.15, 0.2) is 17.1 Å². The monoisotopic (exact) mass is 842 g/mol. The number of rotatable bonds is 7. The molecule has 11 nitrogen and oxygen atoms in total. The number of carbonyl (C=O) groups is 4. The zero-order valence-electron chi connectivity index (χ0n) is 31.6. The molecule has 5 aromatic carbocycles. The number of nitrogens with one attached hydrogen (secondary N) is 1. The number of phenolic OH excluding ortho intramolecular Hbond substituents is 1. The molecule has 2 aliphatic heterocycles. The Bertz CT molecular complexity index is 2780. The van der Waals surface area contributed by atoms with Gasteiger partial charge in [-0.2, -0.15) is 5.01 Å². The summed E-state index contributed by atoms with van der Waals surface area (Å²) < 4.78 is 25.5. The van der Waals surface area contributed by atoms with Gasteiger partial charge in [0.05, 0.1) is 46.7 Å². The zero-order valence-corrected chi connectivity index (χ0v) is 33.2. The lowest BCUT2D eigenvalue weighted by Gasteiger charge is -2.50. The van der Waals surface area contributed by atoms with Crippen molar-refractivity contribution in [2.75, 3.05) is 17.4 Å². The number of fused-ring (bicyclic) bond motifs is 5. The number of methoxy groups -OCH3 is 1. The fraction of sp³-hybridized carbons (Fsp3) is 0.196. The van der Waals surface area contributed by atoms with Gasteiger partial charge in [0, 0.05) is 16.5 Å². The number of hydrogen-bond donors (Lipinski definition) is 2. The Kier molecular flexibility index (Phi) is 8.85. The van der Waals surface area contributed by atoms with Gasteiger partial charge >= 0.3 is 0 Å². The molecule has 2 saturated heterocycles. The van der Waals surface area contributed by atoms with Crippen LogP contribution in [0.25, 0.3) is 22.6 Å². The van der Waals surface area contributed by atoms with E-state index in [1.165, 1.54) is 42.3 Å². The Balaban J connectivity index is 1.10. The Morgan fingerprint density at radius 2 is 1.62 bits per heavy atom. The van der Waals surface area contributed by atoms with Crippen molar-refractivity contribution < 1.29 is 37.8 Å². The van der Waals surface area contributed by atoms with Gasteiger partial charge in [-0.25, -0.2) is 9.37 Å². The third kappa shape index (κ3) is 5.57. The standard InChI is InChI=1S/C46H33Cl2FN4O7/c1-59-37-21-24(20-34(48)40(37)54)39-30-18-19-31-38(44(57)52(42(31)55)29-16-6-23(7-17-29)41-50-35-4-2-3-5-36(35)60-41)32(30)22-33-43(56)53(51-28-14-12-27(49)13-15-28)45(58)46(33,39)25-8-10-26(47)11-9-25/h2-18,20-21,31-33,38-39,51,54H,19,22H2,1H3. The van der Waals surface area contributed by atoms with Gasteiger partial charge in [-0.05, 0) is 115 Å². The first-order valence-corrected chi connectivity index (χ1v) is 20.0. The number of allylic oxidation sites excluding steroid dienone is 2. The number of para-hydroxylation sites is 2. The molecular weight excluding hydrogens is 810 g/mol. The summed E-state index contributed by atoms with van der Waals surface area (Å²) in [6.45, 7) is 0. The summed E-state index contributed by atoms with van der Waals surface area (Å²) in [6, 6.07) is 29.3. The van der Waals surface area contributed by atoms with E-state index >= 15 is 4.79 Å². The normalized spacial score (nSPS) is 24.7. The molecule has 6 aromatic rings. The minimum absolute atomic E-state index is 0.0325. The largest absolute Gasteiger partial charge is 0.503 e. The summed E-state index contributed by atoms with van der Waals surface area (Å²) in [7, 11) is 1.37. The number of carbonyl (C=O) groups excluding carboxylic acids is 4. The summed E-state index contributed by atoms with van der Waals surface area (Å²) >= 11 is 13.1. The van der Waals surface area contributed by atoms with Crippen molar-refractivity contribution in [2.45, 2.75) is 24.2 Å². The van der Waals surface area contributed by atoms with E-state index < -0.39 is 58.5 Å². The Morgan fingerprint density at radius 3 is 2.33 bits per heavy atom. The number of oxazole rings is 1. The van der Waals surface area contributed by atoms with E-state index in [1.54, 1.807) is 54.6 Å². The maximum Gasteiger partial charge on any atom is 0.260 e. The molecule has 0 radical (unpaired) electrons. The van der Waals surface area contributed by atoms with Gasteiger partial charge in [-0.3, -0.25) is 29.5 Å². The van der Waals surface area contributed by atoms with Gasteiger partial charge < -0.3 is 14.3 Å². The number of halogens is 3. The van der Waals surface area contributed by atoms with Crippen molar-refractivity contribution in [3.05, 3.63) is 148 Å². The Hall–Kier alpha value is -6.50. The first-order chi connectivity index (χ1) is 29.0. The average molecular weight is 844 g/mol. The molecular formula is C46H33Cl2FN4O7. The molecule has 60 heavy (non-hydrogen) atoms. The maximum absolute atomic E-state index is 15.4. The molecule has 4 aliphatic rings. The molecule has 10 rings (SSSR count). The molecule has 1 saturated carbocycles. The summed E-state index contributed by atoms with van der Waals surface area (Å²) in [5.41, 5.74) is 5.53. The van der Waals surface area contributed by atoms with Crippen LogP contribution in [-0.4, -0.2) is 45.8 Å². The van der Waals surface area contributed by atoms with Crippen LogP contribution in [0.1, 0.15) is 29.9 Å². The van der Waals surface area contributed by atoms with E-state index in [2.05, 4.69) is 10.4 Å². The highest BCUT2D eigenvalue weighted by Crippen LogP contribution is 2.65. The van der Waals surface area contributed by atoms with Crippen LogP contribution < -0.4 is 15.1 Å². The van der Waals surface area contributed by atoms with E-state index in [0.717, 1.165) is 5.01 Å².